The van der Waals surface area contributed by atoms with Crippen LogP contribution in [-0.4, -0.2) is 42.3 Å². The molecule has 0 bridgehead atoms. The Morgan fingerprint density at radius 2 is 2.21 bits per heavy atom. The smallest absolute Gasteiger partial charge is 0.0666 e. The van der Waals surface area contributed by atoms with Crippen molar-refractivity contribution < 1.29 is 4.74 Å². The van der Waals surface area contributed by atoms with Gasteiger partial charge in [-0.25, -0.2) is 0 Å². The molecule has 3 nitrogen and oxygen atoms in total. The van der Waals surface area contributed by atoms with Gasteiger partial charge in [0.05, 0.1) is 5.60 Å². The average Bonchev–Trinajstić information content (AvgIpc) is 2.13. The third-order valence-corrected chi connectivity index (χ3v) is 3.77. The summed E-state index contributed by atoms with van der Waals surface area (Å²) in [6.07, 6.45) is 3.47. The normalized spacial score (nSPS) is 40.9. The Morgan fingerprint density at radius 1 is 1.50 bits per heavy atom. The number of likely N-dealkylation sites (tertiary alicyclic amines) is 1. The molecule has 0 radical (unpaired) electrons. The van der Waals surface area contributed by atoms with E-state index in [-0.39, 0.29) is 5.60 Å². The highest BCUT2D eigenvalue weighted by atomic mass is 16.5. The minimum atomic E-state index is 0.114. The fraction of sp³-hybridized carbons (Fsp3) is 1.00. The van der Waals surface area contributed by atoms with E-state index in [4.69, 9.17) is 10.5 Å². The Kier molecular flexibility index (Phi) is 2.82. The highest BCUT2D eigenvalue weighted by molar-refractivity contribution is 4.93. The van der Waals surface area contributed by atoms with Gasteiger partial charge in [0.1, 0.15) is 0 Å². The van der Waals surface area contributed by atoms with Gasteiger partial charge in [-0.05, 0) is 26.2 Å². The van der Waals surface area contributed by atoms with Gasteiger partial charge in [-0.15, -0.1) is 0 Å². The van der Waals surface area contributed by atoms with Gasteiger partial charge in [0.25, 0.3) is 0 Å². The van der Waals surface area contributed by atoms with Gasteiger partial charge in [0.2, 0.25) is 0 Å². The summed E-state index contributed by atoms with van der Waals surface area (Å²) in [6, 6.07) is 1.14. The lowest BCUT2D eigenvalue weighted by atomic mass is 9.87. The van der Waals surface area contributed by atoms with Crippen LogP contribution in [0.4, 0.5) is 0 Å². The van der Waals surface area contributed by atoms with Crippen LogP contribution in [0.1, 0.15) is 33.1 Å². The molecule has 0 amide bonds. The molecular formula is C11H22N2O. The molecule has 2 aliphatic rings. The summed E-state index contributed by atoms with van der Waals surface area (Å²) in [4.78, 5) is 2.51. The Hall–Kier alpha value is -0.120. The van der Waals surface area contributed by atoms with E-state index in [1.54, 1.807) is 0 Å². The van der Waals surface area contributed by atoms with Crippen LogP contribution in [0.25, 0.3) is 0 Å². The molecule has 0 aromatic heterocycles. The Morgan fingerprint density at radius 3 is 2.79 bits per heavy atom. The third kappa shape index (κ3) is 1.95. The first-order valence-electron chi connectivity index (χ1n) is 5.76. The van der Waals surface area contributed by atoms with Crippen molar-refractivity contribution in [3.8, 4) is 0 Å². The molecule has 2 N–H and O–H groups in total. The fourth-order valence-electron chi connectivity index (χ4n) is 2.51. The molecule has 2 fully saturated rings. The second kappa shape index (κ2) is 3.80. The Labute approximate surface area is 86.6 Å². The molecule has 2 atom stereocenters. The van der Waals surface area contributed by atoms with Gasteiger partial charge in [0, 0.05) is 31.8 Å². The first-order chi connectivity index (χ1) is 6.63. The molecule has 2 aliphatic heterocycles. The summed E-state index contributed by atoms with van der Waals surface area (Å²) in [5.41, 5.74) is 5.92. The van der Waals surface area contributed by atoms with Gasteiger partial charge in [-0.2, -0.15) is 0 Å². The summed E-state index contributed by atoms with van der Waals surface area (Å²) < 4.78 is 5.83. The molecule has 0 aliphatic carbocycles. The SMILES string of the molecule is CCC1(C)CC(N2CC(N)C2)CCO1. The van der Waals surface area contributed by atoms with E-state index in [9.17, 15) is 0 Å². The standard InChI is InChI=1S/C11H22N2O/c1-3-11(2)6-10(4-5-14-11)13-7-9(12)8-13/h9-10H,3-8,12H2,1-2H3. The summed E-state index contributed by atoms with van der Waals surface area (Å²) in [7, 11) is 0. The number of hydrogen-bond donors (Lipinski definition) is 1. The lowest BCUT2D eigenvalue weighted by Crippen LogP contribution is -2.61. The van der Waals surface area contributed by atoms with E-state index in [0.717, 1.165) is 26.1 Å². The van der Waals surface area contributed by atoms with Crippen molar-refractivity contribution in [2.24, 2.45) is 5.73 Å². The highest BCUT2D eigenvalue weighted by Crippen LogP contribution is 2.31. The second-order valence-electron chi connectivity index (χ2n) is 5.01. The molecule has 0 saturated carbocycles. The van der Waals surface area contributed by atoms with Crippen molar-refractivity contribution in [3.63, 3.8) is 0 Å². The second-order valence-corrected chi connectivity index (χ2v) is 5.01. The number of nitrogens with two attached hydrogens (primary N) is 1. The lowest BCUT2D eigenvalue weighted by molar-refractivity contribution is -0.106. The van der Waals surface area contributed by atoms with Gasteiger partial charge in [-0.1, -0.05) is 6.92 Å². The van der Waals surface area contributed by atoms with Crippen LogP contribution in [0.3, 0.4) is 0 Å². The maximum absolute atomic E-state index is 5.83. The summed E-state index contributed by atoms with van der Waals surface area (Å²) in [6.45, 7) is 7.54. The van der Waals surface area contributed by atoms with Gasteiger partial charge in [0.15, 0.2) is 0 Å². The summed E-state index contributed by atoms with van der Waals surface area (Å²) in [5, 5.41) is 0. The molecule has 2 unspecified atom stereocenters. The van der Waals surface area contributed by atoms with E-state index >= 15 is 0 Å². The quantitative estimate of drug-likeness (QED) is 0.719. The molecule has 0 spiro atoms. The van der Waals surface area contributed by atoms with Crippen LogP contribution in [-0.2, 0) is 4.74 Å². The molecule has 0 aromatic carbocycles. The molecule has 3 heteroatoms. The number of rotatable bonds is 2. The van der Waals surface area contributed by atoms with Crippen LogP contribution >= 0.6 is 0 Å². The minimum Gasteiger partial charge on any atom is -0.375 e. The zero-order chi connectivity index (χ0) is 10.2. The number of hydrogen-bond acceptors (Lipinski definition) is 3. The van der Waals surface area contributed by atoms with Crippen molar-refractivity contribution >= 4 is 0 Å². The van der Waals surface area contributed by atoms with Crippen LogP contribution in [0.5, 0.6) is 0 Å². The van der Waals surface area contributed by atoms with E-state index in [1.807, 2.05) is 0 Å². The maximum Gasteiger partial charge on any atom is 0.0666 e. The molecule has 2 rings (SSSR count). The molecule has 2 heterocycles. The third-order valence-electron chi connectivity index (χ3n) is 3.77. The zero-order valence-corrected chi connectivity index (χ0v) is 9.33. The first kappa shape index (κ1) is 10.4. The molecular weight excluding hydrogens is 176 g/mol. The minimum absolute atomic E-state index is 0.114. The lowest BCUT2D eigenvalue weighted by Gasteiger charge is -2.48. The van der Waals surface area contributed by atoms with E-state index < -0.39 is 0 Å². The van der Waals surface area contributed by atoms with Crippen molar-refractivity contribution in [1.82, 2.24) is 4.90 Å². The highest BCUT2D eigenvalue weighted by Gasteiger charge is 2.38. The van der Waals surface area contributed by atoms with Crippen molar-refractivity contribution in [2.45, 2.75) is 50.8 Å². The van der Waals surface area contributed by atoms with Crippen molar-refractivity contribution in [2.75, 3.05) is 19.7 Å². The molecule has 82 valence electrons. The van der Waals surface area contributed by atoms with E-state index in [1.165, 1.54) is 12.8 Å². The molecule has 2 saturated heterocycles. The topological polar surface area (TPSA) is 38.5 Å². The van der Waals surface area contributed by atoms with Crippen LogP contribution in [0.15, 0.2) is 0 Å². The van der Waals surface area contributed by atoms with E-state index in [2.05, 4.69) is 18.7 Å². The largest absolute Gasteiger partial charge is 0.375 e. The van der Waals surface area contributed by atoms with Gasteiger partial charge < -0.3 is 10.5 Å². The average molecular weight is 198 g/mol. The van der Waals surface area contributed by atoms with Crippen LogP contribution in [0, 0.1) is 0 Å². The van der Waals surface area contributed by atoms with Crippen LogP contribution < -0.4 is 5.73 Å². The predicted octanol–water partition coefficient (Wildman–Crippen LogP) is 0.977. The summed E-state index contributed by atoms with van der Waals surface area (Å²) in [5.74, 6) is 0. The van der Waals surface area contributed by atoms with Crippen LogP contribution in [0.2, 0.25) is 0 Å². The molecule has 0 aromatic rings. The number of nitrogens with zero attached hydrogens (tertiary/aromatic N) is 1. The number of ether oxygens (including phenoxy) is 1. The Bertz CT molecular complexity index is 203. The first-order valence-corrected chi connectivity index (χ1v) is 5.76. The monoisotopic (exact) mass is 198 g/mol. The Balaban J connectivity index is 1.88. The van der Waals surface area contributed by atoms with E-state index in [0.29, 0.717) is 12.1 Å². The van der Waals surface area contributed by atoms with Gasteiger partial charge >= 0.3 is 0 Å². The fourth-order valence-corrected chi connectivity index (χ4v) is 2.51. The summed E-state index contributed by atoms with van der Waals surface area (Å²) >= 11 is 0. The predicted molar refractivity (Wildman–Crippen MR) is 57.2 cm³/mol. The molecule has 14 heavy (non-hydrogen) atoms. The van der Waals surface area contributed by atoms with Crippen molar-refractivity contribution in [1.29, 1.82) is 0 Å². The zero-order valence-electron chi connectivity index (χ0n) is 9.33. The maximum atomic E-state index is 5.83. The van der Waals surface area contributed by atoms with Crippen molar-refractivity contribution in [3.05, 3.63) is 0 Å². The van der Waals surface area contributed by atoms with Gasteiger partial charge in [-0.3, -0.25) is 4.90 Å².